The van der Waals surface area contributed by atoms with E-state index in [2.05, 4.69) is 20.7 Å². The van der Waals surface area contributed by atoms with Gasteiger partial charge in [0.05, 0.1) is 7.11 Å². The Bertz CT molecular complexity index is 502. The van der Waals surface area contributed by atoms with Crippen molar-refractivity contribution in [3.05, 3.63) is 45.1 Å². The summed E-state index contributed by atoms with van der Waals surface area (Å²) in [4.78, 5) is 11.9. The second kappa shape index (κ2) is 4.80. The van der Waals surface area contributed by atoms with Crippen molar-refractivity contribution in [2.24, 2.45) is 0 Å². The largest absolute Gasteiger partial charge is 0.465 e. The van der Waals surface area contributed by atoms with E-state index in [1.54, 1.807) is 0 Å². The highest BCUT2D eigenvalue weighted by molar-refractivity contribution is 9.10. The molecule has 1 aromatic heterocycles. The first-order valence-electron chi connectivity index (χ1n) is 4.63. The zero-order valence-electron chi connectivity index (χ0n) is 8.57. The lowest BCUT2D eigenvalue weighted by molar-refractivity contribution is 0.0606. The van der Waals surface area contributed by atoms with E-state index >= 15 is 0 Å². The SMILES string of the molecule is COC(=O)c1cc(-c2ccc(Br)cc2)cs1. The highest BCUT2D eigenvalue weighted by Crippen LogP contribution is 2.27. The maximum Gasteiger partial charge on any atom is 0.348 e. The van der Waals surface area contributed by atoms with Gasteiger partial charge in [0.2, 0.25) is 0 Å². The lowest BCUT2D eigenvalue weighted by atomic mass is 10.1. The molecule has 82 valence electrons. The number of esters is 1. The van der Waals surface area contributed by atoms with Gasteiger partial charge in [0.15, 0.2) is 0 Å². The second-order valence-corrected chi connectivity index (χ2v) is 5.03. The summed E-state index contributed by atoms with van der Waals surface area (Å²) in [5, 5.41) is 1.95. The Kier molecular flexibility index (Phi) is 3.41. The minimum atomic E-state index is -0.284. The molecular weight excluding hydrogens is 288 g/mol. The van der Waals surface area contributed by atoms with Gasteiger partial charge in [0.25, 0.3) is 0 Å². The fraction of sp³-hybridized carbons (Fsp3) is 0.0833. The molecule has 2 nitrogen and oxygen atoms in total. The Morgan fingerprint density at radius 1 is 1.25 bits per heavy atom. The number of carbonyl (C=O) groups is 1. The summed E-state index contributed by atoms with van der Waals surface area (Å²) < 4.78 is 5.71. The molecule has 1 aromatic carbocycles. The van der Waals surface area contributed by atoms with Crippen molar-refractivity contribution in [1.29, 1.82) is 0 Å². The smallest absolute Gasteiger partial charge is 0.348 e. The van der Waals surface area contributed by atoms with Crippen LogP contribution in [0, 0.1) is 0 Å². The van der Waals surface area contributed by atoms with Crippen LogP contribution in [0.5, 0.6) is 0 Å². The number of hydrogen-bond acceptors (Lipinski definition) is 3. The highest BCUT2D eigenvalue weighted by atomic mass is 79.9. The van der Waals surface area contributed by atoms with Gasteiger partial charge in [0.1, 0.15) is 4.88 Å². The normalized spacial score (nSPS) is 10.1. The topological polar surface area (TPSA) is 26.3 Å². The van der Waals surface area contributed by atoms with Crippen LogP contribution in [0.4, 0.5) is 0 Å². The van der Waals surface area contributed by atoms with Crippen LogP contribution in [-0.4, -0.2) is 13.1 Å². The minimum absolute atomic E-state index is 0.284. The van der Waals surface area contributed by atoms with Crippen molar-refractivity contribution in [2.45, 2.75) is 0 Å². The first-order valence-corrected chi connectivity index (χ1v) is 6.31. The number of rotatable bonds is 2. The molecule has 0 unspecified atom stereocenters. The van der Waals surface area contributed by atoms with Crippen molar-refractivity contribution < 1.29 is 9.53 Å². The van der Waals surface area contributed by atoms with Crippen molar-refractivity contribution in [3.63, 3.8) is 0 Å². The first-order chi connectivity index (χ1) is 7.70. The van der Waals surface area contributed by atoms with E-state index in [-0.39, 0.29) is 5.97 Å². The summed E-state index contributed by atoms with van der Waals surface area (Å²) in [6.45, 7) is 0. The molecule has 2 aromatic rings. The van der Waals surface area contributed by atoms with E-state index < -0.39 is 0 Å². The molecule has 0 fully saturated rings. The van der Waals surface area contributed by atoms with Crippen LogP contribution in [0.15, 0.2) is 40.2 Å². The van der Waals surface area contributed by atoms with Gasteiger partial charge >= 0.3 is 5.97 Å². The number of benzene rings is 1. The predicted molar refractivity (Wildman–Crippen MR) is 68.8 cm³/mol. The van der Waals surface area contributed by atoms with Crippen LogP contribution in [-0.2, 0) is 4.74 Å². The molecule has 0 saturated carbocycles. The van der Waals surface area contributed by atoms with Crippen molar-refractivity contribution in [2.75, 3.05) is 7.11 Å². The predicted octanol–water partition coefficient (Wildman–Crippen LogP) is 3.96. The van der Waals surface area contributed by atoms with E-state index in [0.717, 1.165) is 15.6 Å². The Hall–Kier alpha value is -1.13. The van der Waals surface area contributed by atoms with Crippen LogP contribution in [0.1, 0.15) is 9.67 Å². The quantitative estimate of drug-likeness (QED) is 0.784. The molecule has 0 saturated heterocycles. The Morgan fingerprint density at radius 3 is 2.56 bits per heavy atom. The van der Waals surface area contributed by atoms with E-state index in [4.69, 9.17) is 0 Å². The Labute approximate surface area is 106 Å². The molecule has 0 aliphatic heterocycles. The van der Waals surface area contributed by atoms with Crippen LogP contribution in [0.2, 0.25) is 0 Å². The van der Waals surface area contributed by atoms with Crippen LogP contribution < -0.4 is 0 Å². The molecule has 16 heavy (non-hydrogen) atoms. The maximum atomic E-state index is 11.3. The molecule has 0 aliphatic carbocycles. The van der Waals surface area contributed by atoms with Gasteiger partial charge in [-0.15, -0.1) is 11.3 Å². The van der Waals surface area contributed by atoms with E-state index in [1.807, 2.05) is 35.7 Å². The standard InChI is InChI=1S/C12H9BrO2S/c1-15-12(14)11-6-9(7-16-11)8-2-4-10(13)5-3-8/h2-7H,1H3. The summed E-state index contributed by atoms with van der Waals surface area (Å²) in [5.74, 6) is -0.284. The molecule has 0 N–H and O–H groups in total. The molecule has 1 heterocycles. The highest BCUT2D eigenvalue weighted by Gasteiger charge is 2.09. The zero-order valence-corrected chi connectivity index (χ0v) is 11.0. The van der Waals surface area contributed by atoms with Gasteiger partial charge in [0, 0.05) is 4.47 Å². The zero-order chi connectivity index (χ0) is 11.5. The summed E-state index contributed by atoms with van der Waals surface area (Å²) in [7, 11) is 1.39. The molecule has 0 atom stereocenters. The molecule has 2 rings (SSSR count). The minimum Gasteiger partial charge on any atom is -0.465 e. The van der Waals surface area contributed by atoms with E-state index in [1.165, 1.54) is 18.4 Å². The van der Waals surface area contributed by atoms with Gasteiger partial charge in [-0.05, 0) is 34.7 Å². The van der Waals surface area contributed by atoms with Crippen LogP contribution in [0.3, 0.4) is 0 Å². The molecule has 4 heteroatoms. The van der Waals surface area contributed by atoms with Gasteiger partial charge in [-0.2, -0.15) is 0 Å². The third-order valence-corrected chi connectivity index (χ3v) is 3.60. The second-order valence-electron chi connectivity index (χ2n) is 3.20. The van der Waals surface area contributed by atoms with Gasteiger partial charge in [-0.25, -0.2) is 4.79 Å². The van der Waals surface area contributed by atoms with Crippen molar-refractivity contribution in [3.8, 4) is 11.1 Å². The van der Waals surface area contributed by atoms with Gasteiger partial charge in [-0.1, -0.05) is 28.1 Å². The fourth-order valence-corrected chi connectivity index (χ4v) is 2.43. The van der Waals surface area contributed by atoms with Gasteiger partial charge < -0.3 is 4.74 Å². The van der Waals surface area contributed by atoms with Crippen LogP contribution >= 0.6 is 27.3 Å². The summed E-state index contributed by atoms with van der Waals surface area (Å²) >= 11 is 4.78. The van der Waals surface area contributed by atoms with Crippen molar-refractivity contribution in [1.82, 2.24) is 0 Å². The lowest BCUT2D eigenvalue weighted by Gasteiger charge is -1.97. The fourth-order valence-electron chi connectivity index (χ4n) is 1.34. The van der Waals surface area contributed by atoms with E-state index in [0.29, 0.717) is 4.88 Å². The lowest BCUT2D eigenvalue weighted by Crippen LogP contribution is -1.96. The van der Waals surface area contributed by atoms with Crippen molar-refractivity contribution >= 4 is 33.2 Å². The molecular formula is C12H9BrO2S. The average Bonchev–Trinajstić information content (AvgIpc) is 2.78. The Morgan fingerprint density at radius 2 is 1.94 bits per heavy atom. The number of methoxy groups -OCH3 is 1. The number of ether oxygens (including phenoxy) is 1. The summed E-state index contributed by atoms with van der Waals surface area (Å²) in [6, 6.07) is 9.82. The number of halogens is 1. The number of carbonyl (C=O) groups excluding carboxylic acids is 1. The third-order valence-electron chi connectivity index (χ3n) is 2.16. The molecule has 0 radical (unpaired) electrons. The Balaban J connectivity index is 2.31. The first kappa shape index (κ1) is 11.4. The summed E-state index contributed by atoms with van der Waals surface area (Å²) in [6.07, 6.45) is 0. The third kappa shape index (κ3) is 2.33. The molecule has 0 aliphatic rings. The molecule has 0 amide bonds. The number of hydrogen-bond donors (Lipinski definition) is 0. The molecule has 0 spiro atoms. The van der Waals surface area contributed by atoms with Crippen LogP contribution in [0.25, 0.3) is 11.1 Å². The van der Waals surface area contributed by atoms with E-state index in [9.17, 15) is 4.79 Å². The monoisotopic (exact) mass is 296 g/mol. The molecule has 0 bridgehead atoms. The number of thiophene rings is 1. The van der Waals surface area contributed by atoms with Gasteiger partial charge in [-0.3, -0.25) is 0 Å². The maximum absolute atomic E-state index is 11.3. The summed E-state index contributed by atoms with van der Waals surface area (Å²) in [5.41, 5.74) is 2.13. The average molecular weight is 297 g/mol.